The molecule has 1 atom stereocenters. The van der Waals surface area contributed by atoms with E-state index in [4.69, 9.17) is 11.6 Å². The highest BCUT2D eigenvalue weighted by molar-refractivity contribution is 5.77. The van der Waals surface area contributed by atoms with Crippen LogP contribution in [0.1, 0.15) is 50.3 Å². The van der Waals surface area contributed by atoms with Crippen molar-refractivity contribution in [1.29, 1.82) is 0 Å². The van der Waals surface area contributed by atoms with Crippen LogP contribution >= 0.6 is 0 Å². The van der Waals surface area contributed by atoms with Gasteiger partial charge in [-0.2, -0.15) is 0 Å². The number of benzene rings is 1. The summed E-state index contributed by atoms with van der Waals surface area (Å²) in [7, 11) is 1.93. The van der Waals surface area contributed by atoms with Gasteiger partial charge in [0.1, 0.15) is 5.84 Å². The number of hydrogen-bond donors (Lipinski definition) is 3. The Morgan fingerprint density at radius 1 is 1.25 bits per heavy atom. The fourth-order valence-corrected chi connectivity index (χ4v) is 2.09. The van der Waals surface area contributed by atoms with Gasteiger partial charge >= 0.3 is 0 Å². The Bertz CT molecular complexity index is 420. The monoisotopic (exact) mass is 277 g/mol. The van der Waals surface area contributed by atoms with E-state index in [0.717, 1.165) is 18.5 Å². The van der Waals surface area contributed by atoms with Gasteiger partial charge < -0.3 is 11.1 Å². The van der Waals surface area contributed by atoms with Crippen LogP contribution in [0.3, 0.4) is 0 Å². The van der Waals surface area contributed by atoms with Gasteiger partial charge in [-0.1, -0.05) is 38.1 Å². The lowest BCUT2D eigenvalue weighted by molar-refractivity contribution is 0.200. The maximum Gasteiger partial charge on any atom is 0.118 e. The summed E-state index contributed by atoms with van der Waals surface area (Å²) in [5.74, 6) is 7.01. The van der Waals surface area contributed by atoms with Crippen LogP contribution in [0.25, 0.3) is 0 Å². The first-order chi connectivity index (χ1) is 9.45. The van der Waals surface area contributed by atoms with Crippen molar-refractivity contribution in [2.75, 3.05) is 13.6 Å². The van der Waals surface area contributed by atoms with Gasteiger partial charge in [0.05, 0.1) is 6.04 Å². The summed E-state index contributed by atoms with van der Waals surface area (Å²) in [4.78, 5) is 0. The Kier molecular flexibility index (Phi) is 6.48. The second kappa shape index (κ2) is 7.87. The molecule has 0 aliphatic rings. The molecule has 0 fully saturated rings. The molecule has 5 N–H and O–H groups in total. The summed E-state index contributed by atoms with van der Waals surface area (Å²) in [5, 5.41) is 8.74. The van der Waals surface area contributed by atoms with Crippen LogP contribution < -0.4 is 16.9 Å². The van der Waals surface area contributed by atoms with Crippen molar-refractivity contribution in [3.63, 3.8) is 0 Å². The van der Waals surface area contributed by atoms with Gasteiger partial charge in [-0.15, -0.1) is 5.10 Å². The predicted molar refractivity (Wildman–Crippen MR) is 85.1 cm³/mol. The number of rotatable bonds is 7. The number of hydrogen-bond acceptors (Lipinski definition) is 4. The van der Waals surface area contributed by atoms with Crippen LogP contribution in [0.4, 0.5) is 0 Å². The minimum absolute atomic E-state index is 0.0159. The van der Waals surface area contributed by atoms with Gasteiger partial charge in [0.2, 0.25) is 0 Å². The minimum Gasteiger partial charge on any atom is -0.386 e. The second-order valence-electron chi connectivity index (χ2n) is 5.35. The van der Waals surface area contributed by atoms with Crippen LogP contribution in [0.5, 0.6) is 0 Å². The Morgan fingerprint density at radius 3 is 2.25 bits per heavy atom. The molecule has 0 bridgehead atoms. The molecule has 0 heterocycles. The topological polar surface area (TPSA) is 79.7 Å². The van der Waals surface area contributed by atoms with E-state index in [1.807, 2.05) is 7.05 Å². The maximum absolute atomic E-state index is 6.03. The SMILES string of the molecule is CNCCC(c1ccc(C(C)C)cc1)N(N)/N=C(/C)N. The highest BCUT2D eigenvalue weighted by atomic mass is 15.6. The van der Waals surface area contributed by atoms with Crippen LogP contribution in [-0.4, -0.2) is 24.5 Å². The zero-order valence-corrected chi connectivity index (χ0v) is 12.9. The lowest BCUT2D eigenvalue weighted by atomic mass is 9.98. The van der Waals surface area contributed by atoms with Crippen LogP contribution in [-0.2, 0) is 0 Å². The van der Waals surface area contributed by atoms with E-state index in [1.165, 1.54) is 10.7 Å². The van der Waals surface area contributed by atoms with Crippen molar-refractivity contribution in [2.24, 2.45) is 16.7 Å². The first kappa shape index (κ1) is 16.5. The second-order valence-corrected chi connectivity index (χ2v) is 5.35. The fourth-order valence-electron chi connectivity index (χ4n) is 2.09. The quantitative estimate of drug-likeness (QED) is 0.308. The van der Waals surface area contributed by atoms with Crippen molar-refractivity contribution >= 4 is 5.84 Å². The van der Waals surface area contributed by atoms with E-state index in [2.05, 4.69) is 48.5 Å². The molecule has 0 amide bonds. The van der Waals surface area contributed by atoms with Crippen molar-refractivity contribution in [2.45, 2.75) is 39.2 Å². The van der Waals surface area contributed by atoms with Gasteiger partial charge in [0, 0.05) is 0 Å². The summed E-state index contributed by atoms with van der Waals surface area (Å²) in [5.41, 5.74) is 8.09. The molecule has 0 saturated heterocycles. The Morgan fingerprint density at radius 2 is 1.80 bits per heavy atom. The van der Waals surface area contributed by atoms with Gasteiger partial charge in [-0.25, -0.2) is 11.0 Å². The average Bonchev–Trinajstić information content (AvgIpc) is 2.39. The molecule has 0 saturated carbocycles. The summed E-state index contributed by atoms with van der Waals surface area (Å²) in [6, 6.07) is 8.56. The summed E-state index contributed by atoms with van der Waals surface area (Å²) < 4.78 is 0. The van der Waals surface area contributed by atoms with E-state index in [0.29, 0.717) is 11.8 Å². The zero-order valence-electron chi connectivity index (χ0n) is 12.9. The largest absolute Gasteiger partial charge is 0.386 e. The third kappa shape index (κ3) is 4.83. The highest BCUT2D eigenvalue weighted by Crippen LogP contribution is 2.24. The minimum atomic E-state index is 0.0159. The van der Waals surface area contributed by atoms with Crippen molar-refractivity contribution in [1.82, 2.24) is 10.4 Å². The van der Waals surface area contributed by atoms with E-state index in [9.17, 15) is 0 Å². The summed E-state index contributed by atoms with van der Waals surface area (Å²) >= 11 is 0. The molecule has 5 heteroatoms. The van der Waals surface area contributed by atoms with Crippen LogP contribution in [0.15, 0.2) is 29.4 Å². The number of nitrogens with zero attached hydrogens (tertiary/aromatic N) is 2. The smallest absolute Gasteiger partial charge is 0.118 e. The molecule has 1 aromatic carbocycles. The molecule has 0 radical (unpaired) electrons. The molecule has 0 aliphatic carbocycles. The normalized spacial score (nSPS) is 13.6. The Balaban J connectivity index is 2.94. The standard InChI is InChI=1S/C15H27N5/c1-11(2)13-5-7-14(8-6-13)15(9-10-18-4)20(17)19-12(3)16/h5-8,11,15,18H,9-10,17H2,1-4H3,(H2,16,19). The van der Waals surface area contributed by atoms with Gasteiger partial charge in [0.25, 0.3) is 0 Å². The third-order valence-electron chi connectivity index (χ3n) is 3.25. The molecular weight excluding hydrogens is 250 g/mol. The molecule has 20 heavy (non-hydrogen) atoms. The molecule has 5 nitrogen and oxygen atoms in total. The Hall–Kier alpha value is -1.59. The molecule has 1 aromatic rings. The molecule has 1 unspecified atom stereocenters. The molecule has 112 valence electrons. The Labute approximate surface area is 122 Å². The number of amidine groups is 1. The maximum atomic E-state index is 6.03. The first-order valence-corrected chi connectivity index (χ1v) is 7.04. The average molecular weight is 277 g/mol. The summed E-state index contributed by atoms with van der Waals surface area (Å²) in [6.07, 6.45) is 0.866. The predicted octanol–water partition coefficient (Wildman–Crippen LogP) is 1.93. The zero-order chi connectivity index (χ0) is 15.1. The van der Waals surface area contributed by atoms with Gasteiger partial charge in [0.15, 0.2) is 0 Å². The van der Waals surface area contributed by atoms with Gasteiger partial charge in [-0.3, -0.25) is 0 Å². The van der Waals surface area contributed by atoms with Crippen LogP contribution in [0, 0.1) is 0 Å². The van der Waals surface area contributed by atoms with E-state index >= 15 is 0 Å². The van der Waals surface area contributed by atoms with E-state index in [1.54, 1.807) is 6.92 Å². The van der Waals surface area contributed by atoms with Crippen LogP contribution in [0.2, 0.25) is 0 Å². The van der Waals surface area contributed by atoms with Crippen molar-refractivity contribution in [3.05, 3.63) is 35.4 Å². The molecule has 0 spiro atoms. The molecule has 1 rings (SSSR count). The molecular formula is C15H27N5. The van der Waals surface area contributed by atoms with E-state index < -0.39 is 0 Å². The fraction of sp³-hybridized carbons (Fsp3) is 0.533. The molecule has 0 aromatic heterocycles. The number of hydrazine groups is 1. The van der Waals surface area contributed by atoms with E-state index in [-0.39, 0.29) is 6.04 Å². The molecule has 0 aliphatic heterocycles. The first-order valence-electron chi connectivity index (χ1n) is 7.04. The van der Waals surface area contributed by atoms with Crippen molar-refractivity contribution < 1.29 is 0 Å². The summed E-state index contributed by atoms with van der Waals surface area (Å²) in [6.45, 7) is 6.97. The number of nitrogens with one attached hydrogen (secondary N) is 1. The number of hydrazone groups is 1. The van der Waals surface area contributed by atoms with Crippen molar-refractivity contribution in [3.8, 4) is 0 Å². The third-order valence-corrected chi connectivity index (χ3v) is 3.25. The lowest BCUT2D eigenvalue weighted by Gasteiger charge is -2.26. The van der Waals surface area contributed by atoms with Gasteiger partial charge in [-0.05, 0) is 44.0 Å². The number of nitrogens with two attached hydrogens (primary N) is 2. The highest BCUT2D eigenvalue weighted by Gasteiger charge is 2.16. The lowest BCUT2D eigenvalue weighted by Crippen LogP contribution is -2.34.